The monoisotopic (exact) mass is 300 g/mol. The summed E-state index contributed by atoms with van der Waals surface area (Å²) in [5.74, 6) is 0. The van der Waals surface area contributed by atoms with Gasteiger partial charge >= 0.3 is 0 Å². The number of hydrogen-bond donors (Lipinski definition) is 1. The predicted molar refractivity (Wildman–Crippen MR) is 77.7 cm³/mol. The van der Waals surface area contributed by atoms with Crippen molar-refractivity contribution in [2.24, 2.45) is 0 Å². The van der Waals surface area contributed by atoms with E-state index < -0.39 is 6.10 Å². The summed E-state index contributed by atoms with van der Waals surface area (Å²) < 4.78 is 3.29. The van der Waals surface area contributed by atoms with E-state index in [0.29, 0.717) is 6.42 Å². The molecule has 1 atom stereocenters. The molecule has 3 rings (SSSR count). The fourth-order valence-corrected chi connectivity index (χ4v) is 4.93. The first-order chi connectivity index (χ1) is 8.22. The fraction of sp³-hybridized carbons (Fsp3) is 0.167. The maximum Gasteiger partial charge on any atom is 0.0931 e. The third-order valence-corrected chi connectivity index (χ3v) is 5.96. The summed E-state index contributed by atoms with van der Waals surface area (Å²) in [6.45, 7) is 0. The van der Waals surface area contributed by atoms with E-state index in [1.807, 2.05) is 12.1 Å². The predicted octanol–water partition coefficient (Wildman–Crippen LogP) is 4.95. The normalized spacial score (nSPS) is 13.3. The Labute approximate surface area is 116 Å². The molecule has 1 unspecified atom stereocenters. The van der Waals surface area contributed by atoms with Gasteiger partial charge in [-0.05, 0) is 29.6 Å². The first-order valence-corrected chi connectivity index (χ1v) is 8.00. The number of hydrogen-bond acceptors (Lipinski definition) is 4. The van der Waals surface area contributed by atoms with Crippen LogP contribution in [0.5, 0.6) is 0 Å². The zero-order chi connectivity index (χ0) is 11.8. The Hall–Kier alpha value is -0.390. The van der Waals surface area contributed by atoms with Gasteiger partial charge in [0.05, 0.1) is 10.4 Å². The summed E-state index contributed by atoms with van der Waals surface area (Å²) in [5.41, 5.74) is 0. The van der Waals surface area contributed by atoms with Crippen LogP contribution in [-0.4, -0.2) is 5.11 Å². The Bertz CT molecular complexity index is 608. The van der Waals surface area contributed by atoms with Gasteiger partial charge in [-0.1, -0.05) is 11.6 Å². The van der Waals surface area contributed by atoms with E-state index in [4.69, 9.17) is 11.6 Å². The second-order valence-corrected chi connectivity index (χ2v) is 7.59. The highest BCUT2D eigenvalue weighted by Gasteiger charge is 2.13. The molecule has 17 heavy (non-hydrogen) atoms. The molecular weight excluding hydrogens is 292 g/mol. The zero-order valence-electron chi connectivity index (χ0n) is 8.72. The Balaban J connectivity index is 1.82. The van der Waals surface area contributed by atoms with Crippen LogP contribution in [0, 0.1) is 0 Å². The molecule has 0 aromatic carbocycles. The number of fused-ring (bicyclic) bond motifs is 1. The molecule has 3 aromatic rings. The smallest absolute Gasteiger partial charge is 0.0931 e. The van der Waals surface area contributed by atoms with E-state index >= 15 is 0 Å². The molecule has 0 aliphatic carbocycles. The molecule has 0 saturated heterocycles. The number of aliphatic hydroxyl groups is 1. The molecule has 3 aromatic heterocycles. The lowest BCUT2D eigenvalue weighted by atomic mass is 10.2. The van der Waals surface area contributed by atoms with Crippen LogP contribution in [0.1, 0.15) is 15.9 Å². The van der Waals surface area contributed by atoms with E-state index in [1.165, 1.54) is 20.7 Å². The van der Waals surface area contributed by atoms with Crippen molar-refractivity contribution in [3.63, 3.8) is 0 Å². The van der Waals surface area contributed by atoms with Gasteiger partial charge in [-0.2, -0.15) is 0 Å². The number of aliphatic hydroxyl groups excluding tert-OH is 1. The quantitative estimate of drug-likeness (QED) is 0.725. The molecule has 0 amide bonds. The minimum Gasteiger partial charge on any atom is -0.387 e. The second kappa shape index (κ2) is 4.71. The van der Waals surface area contributed by atoms with E-state index in [2.05, 4.69) is 17.5 Å². The van der Waals surface area contributed by atoms with E-state index in [9.17, 15) is 5.11 Å². The maximum atomic E-state index is 10.2. The topological polar surface area (TPSA) is 20.2 Å². The standard InChI is InChI=1S/C12H9ClOS3/c13-12-2-1-7(16-12)5-8(14)10-6-11-9(17-10)3-4-15-11/h1-4,6,8,14H,5H2. The van der Waals surface area contributed by atoms with Crippen molar-refractivity contribution in [3.8, 4) is 0 Å². The van der Waals surface area contributed by atoms with Crippen LogP contribution in [0.15, 0.2) is 29.6 Å². The molecule has 0 aliphatic rings. The van der Waals surface area contributed by atoms with Crippen molar-refractivity contribution >= 4 is 55.0 Å². The van der Waals surface area contributed by atoms with Gasteiger partial charge in [0, 0.05) is 25.6 Å². The molecule has 0 radical (unpaired) electrons. The largest absolute Gasteiger partial charge is 0.387 e. The summed E-state index contributed by atoms with van der Waals surface area (Å²) in [6.07, 6.45) is 0.222. The molecule has 5 heteroatoms. The summed E-state index contributed by atoms with van der Waals surface area (Å²) in [4.78, 5) is 2.16. The molecule has 3 heterocycles. The van der Waals surface area contributed by atoms with Crippen molar-refractivity contribution in [1.82, 2.24) is 0 Å². The Morgan fingerprint density at radius 1 is 1.18 bits per heavy atom. The van der Waals surface area contributed by atoms with Gasteiger partial charge in [-0.15, -0.1) is 34.0 Å². The van der Waals surface area contributed by atoms with Crippen molar-refractivity contribution in [2.75, 3.05) is 0 Å². The lowest BCUT2D eigenvalue weighted by Crippen LogP contribution is -1.97. The third-order valence-electron chi connectivity index (χ3n) is 2.51. The second-order valence-electron chi connectivity index (χ2n) is 3.72. The van der Waals surface area contributed by atoms with Crippen LogP contribution in [0.3, 0.4) is 0 Å². The van der Waals surface area contributed by atoms with Crippen LogP contribution in [0.4, 0.5) is 0 Å². The highest BCUT2D eigenvalue weighted by Crippen LogP contribution is 2.35. The molecule has 0 saturated carbocycles. The number of thiophene rings is 3. The maximum absolute atomic E-state index is 10.2. The molecule has 1 nitrogen and oxygen atoms in total. The van der Waals surface area contributed by atoms with Gasteiger partial charge in [0.1, 0.15) is 0 Å². The highest BCUT2D eigenvalue weighted by molar-refractivity contribution is 7.27. The van der Waals surface area contributed by atoms with Crippen molar-refractivity contribution in [1.29, 1.82) is 0 Å². The van der Waals surface area contributed by atoms with E-state index in [0.717, 1.165) is 14.1 Å². The number of rotatable bonds is 3. The van der Waals surface area contributed by atoms with Gasteiger partial charge in [-0.3, -0.25) is 0 Å². The summed E-state index contributed by atoms with van der Waals surface area (Å²) in [7, 11) is 0. The van der Waals surface area contributed by atoms with Gasteiger partial charge < -0.3 is 5.11 Å². The first-order valence-electron chi connectivity index (χ1n) is 5.11. The third kappa shape index (κ3) is 2.41. The minimum absolute atomic E-state index is 0.422. The Morgan fingerprint density at radius 3 is 2.76 bits per heavy atom. The molecule has 0 bridgehead atoms. The molecule has 0 spiro atoms. The van der Waals surface area contributed by atoms with E-state index in [-0.39, 0.29) is 0 Å². The average molecular weight is 301 g/mol. The minimum atomic E-state index is -0.422. The summed E-state index contributed by atoms with van der Waals surface area (Å²) >= 11 is 10.8. The molecule has 0 fully saturated rings. The Morgan fingerprint density at radius 2 is 2.06 bits per heavy atom. The van der Waals surface area contributed by atoms with Crippen molar-refractivity contribution < 1.29 is 5.11 Å². The van der Waals surface area contributed by atoms with Gasteiger partial charge in [-0.25, -0.2) is 0 Å². The van der Waals surface area contributed by atoms with Crippen LogP contribution in [0.25, 0.3) is 9.40 Å². The van der Waals surface area contributed by atoms with Gasteiger partial charge in [0.15, 0.2) is 0 Å². The van der Waals surface area contributed by atoms with Crippen LogP contribution < -0.4 is 0 Å². The van der Waals surface area contributed by atoms with E-state index in [1.54, 1.807) is 22.7 Å². The van der Waals surface area contributed by atoms with Crippen molar-refractivity contribution in [3.05, 3.63) is 43.7 Å². The molecule has 88 valence electrons. The summed E-state index contributed by atoms with van der Waals surface area (Å²) in [6, 6.07) is 8.04. The zero-order valence-corrected chi connectivity index (χ0v) is 11.9. The lowest BCUT2D eigenvalue weighted by molar-refractivity contribution is 0.183. The average Bonchev–Trinajstić information content (AvgIpc) is 2.92. The first kappa shape index (κ1) is 11.7. The van der Waals surface area contributed by atoms with Gasteiger partial charge in [0.25, 0.3) is 0 Å². The molecule has 1 N–H and O–H groups in total. The Kier molecular flexibility index (Phi) is 3.23. The highest BCUT2D eigenvalue weighted by atomic mass is 35.5. The summed E-state index contributed by atoms with van der Waals surface area (Å²) in [5, 5.41) is 12.3. The SMILES string of the molecule is OC(Cc1ccc(Cl)s1)c1cc2sccc2s1. The lowest BCUT2D eigenvalue weighted by Gasteiger charge is -2.05. The fourth-order valence-electron chi connectivity index (χ4n) is 1.70. The number of halogens is 1. The van der Waals surface area contributed by atoms with Crippen LogP contribution in [-0.2, 0) is 6.42 Å². The molecule has 0 aliphatic heterocycles. The van der Waals surface area contributed by atoms with Crippen molar-refractivity contribution in [2.45, 2.75) is 12.5 Å². The molecular formula is C12H9ClOS3. The van der Waals surface area contributed by atoms with Crippen LogP contribution in [0.2, 0.25) is 4.34 Å². The van der Waals surface area contributed by atoms with Gasteiger partial charge in [0.2, 0.25) is 0 Å². The van der Waals surface area contributed by atoms with Crippen LogP contribution >= 0.6 is 45.6 Å².